The Morgan fingerprint density at radius 3 is 2.17 bits per heavy atom. The first-order chi connectivity index (χ1) is 14.1. The van der Waals surface area contributed by atoms with Crippen molar-refractivity contribution in [3.63, 3.8) is 0 Å². The minimum absolute atomic E-state index is 0.244. The van der Waals surface area contributed by atoms with Gasteiger partial charge in [0.15, 0.2) is 11.5 Å². The minimum atomic E-state index is -0.244. The molecule has 0 saturated carbocycles. The van der Waals surface area contributed by atoms with E-state index in [1.165, 1.54) is 11.2 Å². The maximum absolute atomic E-state index is 12.8. The molecule has 0 unspecified atom stereocenters. The fraction of sp³-hybridized carbons (Fsp3) is 0.190. The third kappa shape index (κ3) is 4.37. The number of carbonyl (C=O) groups excluding carboxylic acids is 1. The number of amides is 1. The molecule has 0 spiro atoms. The summed E-state index contributed by atoms with van der Waals surface area (Å²) in [4.78, 5) is 22.6. The molecule has 8 heteroatoms. The normalized spacial score (nSPS) is 10.2. The average molecular weight is 394 g/mol. The van der Waals surface area contributed by atoms with Crippen LogP contribution in [-0.2, 0) is 0 Å². The number of para-hydroxylation sites is 1. The summed E-state index contributed by atoms with van der Waals surface area (Å²) in [5.41, 5.74) is 1.70. The Balaban J connectivity index is 1.86. The molecule has 0 bridgehead atoms. The second-order valence-corrected chi connectivity index (χ2v) is 6.03. The number of methoxy groups -OCH3 is 3. The summed E-state index contributed by atoms with van der Waals surface area (Å²) in [5, 5.41) is 3.14. The number of anilines is 3. The van der Waals surface area contributed by atoms with E-state index >= 15 is 0 Å². The van der Waals surface area contributed by atoms with Crippen molar-refractivity contribution < 1.29 is 19.0 Å². The Labute approximate surface area is 169 Å². The Morgan fingerprint density at radius 1 is 0.931 bits per heavy atom. The summed E-state index contributed by atoms with van der Waals surface area (Å²) >= 11 is 0. The molecule has 1 aromatic heterocycles. The molecule has 0 fully saturated rings. The second kappa shape index (κ2) is 8.92. The molecule has 150 valence electrons. The molecule has 0 radical (unpaired) electrons. The minimum Gasteiger partial charge on any atom is -0.493 e. The molecule has 3 rings (SSSR count). The van der Waals surface area contributed by atoms with Crippen molar-refractivity contribution in [2.75, 3.05) is 38.6 Å². The van der Waals surface area contributed by atoms with Crippen LogP contribution in [-0.4, -0.2) is 44.3 Å². The van der Waals surface area contributed by atoms with Gasteiger partial charge in [0.05, 0.1) is 21.3 Å². The largest absolute Gasteiger partial charge is 0.493 e. The number of hydrogen-bond donors (Lipinski definition) is 1. The van der Waals surface area contributed by atoms with Gasteiger partial charge in [0, 0.05) is 36.6 Å². The number of nitrogens with zero attached hydrogens (tertiary/aromatic N) is 3. The van der Waals surface area contributed by atoms with Gasteiger partial charge in [-0.15, -0.1) is 0 Å². The molecule has 1 heterocycles. The highest BCUT2D eigenvalue weighted by atomic mass is 16.5. The van der Waals surface area contributed by atoms with E-state index in [1.54, 1.807) is 46.6 Å². The number of carbonyl (C=O) groups is 1. The predicted octanol–water partition coefficient (Wildman–Crippen LogP) is 3.52. The van der Waals surface area contributed by atoms with Crippen LogP contribution in [0.25, 0.3) is 0 Å². The zero-order chi connectivity index (χ0) is 20.8. The topological polar surface area (TPSA) is 85.8 Å². The van der Waals surface area contributed by atoms with Crippen LogP contribution in [0.4, 0.5) is 17.2 Å². The Hall–Kier alpha value is -3.81. The Bertz CT molecular complexity index is 970. The van der Waals surface area contributed by atoms with E-state index in [9.17, 15) is 4.79 Å². The van der Waals surface area contributed by atoms with Crippen molar-refractivity contribution in [2.45, 2.75) is 0 Å². The van der Waals surface area contributed by atoms with Crippen LogP contribution in [0.2, 0.25) is 0 Å². The van der Waals surface area contributed by atoms with Crippen LogP contribution in [0, 0.1) is 0 Å². The van der Waals surface area contributed by atoms with Crippen LogP contribution in [0.15, 0.2) is 54.9 Å². The van der Waals surface area contributed by atoms with Crippen LogP contribution in [0.5, 0.6) is 17.2 Å². The van der Waals surface area contributed by atoms with E-state index in [0.29, 0.717) is 28.8 Å². The summed E-state index contributed by atoms with van der Waals surface area (Å²) in [5.74, 6) is 1.71. The van der Waals surface area contributed by atoms with Crippen LogP contribution in [0.3, 0.4) is 0 Å². The van der Waals surface area contributed by atoms with Gasteiger partial charge in [0.2, 0.25) is 5.75 Å². The Kier molecular flexibility index (Phi) is 6.13. The lowest BCUT2D eigenvalue weighted by Gasteiger charge is -2.17. The zero-order valence-corrected chi connectivity index (χ0v) is 16.7. The first kappa shape index (κ1) is 19.9. The maximum Gasteiger partial charge on any atom is 0.276 e. The lowest BCUT2D eigenvalue weighted by atomic mass is 10.2. The Morgan fingerprint density at radius 2 is 1.59 bits per heavy atom. The molecule has 0 aliphatic rings. The summed E-state index contributed by atoms with van der Waals surface area (Å²) in [7, 11) is 6.33. The quantitative estimate of drug-likeness (QED) is 0.656. The maximum atomic E-state index is 12.8. The van der Waals surface area contributed by atoms with Crippen molar-refractivity contribution >= 4 is 23.1 Å². The molecule has 0 aliphatic carbocycles. The van der Waals surface area contributed by atoms with Crippen LogP contribution >= 0.6 is 0 Å². The van der Waals surface area contributed by atoms with Gasteiger partial charge in [-0.2, -0.15) is 0 Å². The fourth-order valence-electron chi connectivity index (χ4n) is 2.78. The van der Waals surface area contributed by atoms with Gasteiger partial charge < -0.3 is 24.4 Å². The number of ether oxygens (including phenoxy) is 3. The molecular weight excluding hydrogens is 372 g/mol. The first-order valence-electron chi connectivity index (χ1n) is 8.79. The van der Waals surface area contributed by atoms with Crippen molar-refractivity contribution in [3.05, 3.63) is 60.6 Å². The van der Waals surface area contributed by atoms with Gasteiger partial charge in [-0.1, -0.05) is 18.2 Å². The van der Waals surface area contributed by atoms with Gasteiger partial charge in [-0.25, -0.2) is 9.97 Å². The highest BCUT2D eigenvalue weighted by Gasteiger charge is 2.17. The summed E-state index contributed by atoms with van der Waals surface area (Å²) in [6.07, 6.45) is 1.34. The molecule has 0 saturated heterocycles. The van der Waals surface area contributed by atoms with Gasteiger partial charge in [0.1, 0.15) is 17.8 Å². The van der Waals surface area contributed by atoms with E-state index in [0.717, 1.165) is 5.69 Å². The summed E-state index contributed by atoms with van der Waals surface area (Å²) in [6.45, 7) is 0. The zero-order valence-electron chi connectivity index (χ0n) is 16.7. The molecule has 2 aromatic carbocycles. The van der Waals surface area contributed by atoms with E-state index in [2.05, 4.69) is 15.3 Å². The molecule has 1 amide bonds. The van der Waals surface area contributed by atoms with E-state index in [-0.39, 0.29) is 11.6 Å². The third-order valence-corrected chi connectivity index (χ3v) is 4.27. The van der Waals surface area contributed by atoms with Gasteiger partial charge in [0.25, 0.3) is 5.91 Å². The SMILES string of the molecule is COc1cc(Nc2cc(C(=O)N(C)c3ccccc3)ncn2)cc(OC)c1OC. The van der Waals surface area contributed by atoms with Gasteiger partial charge in [-0.05, 0) is 12.1 Å². The molecule has 3 aromatic rings. The van der Waals surface area contributed by atoms with Gasteiger partial charge in [-0.3, -0.25) is 4.79 Å². The molecule has 29 heavy (non-hydrogen) atoms. The summed E-state index contributed by atoms with van der Waals surface area (Å²) in [6, 6.07) is 14.4. The number of rotatable bonds is 7. The van der Waals surface area contributed by atoms with Crippen molar-refractivity contribution in [3.8, 4) is 17.2 Å². The van der Waals surface area contributed by atoms with Crippen molar-refractivity contribution in [2.24, 2.45) is 0 Å². The van der Waals surface area contributed by atoms with E-state index in [1.807, 2.05) is 30.3 Å². The van der Waals surface area contributed by atoms with Crippen molar-refractivity contribution in [1.82, 2.24) is 9.97 Å². The fourth-order valence-corrected chi connectivity index (χ4v) is 2.78. The van der Waals surface area contributed by atoms with Gasteiger partial charge >= 0.3 is 0 Å². The molecule has 0 atom stereocenters. The molecular formula is C21H22N4O4. The number of nitrogens with one attached hydrogen (secondary N) is 1. The first-order valence-corrected chi connectivity index (χ1v) is 8.79. The van der Waals surface area contributed by atoms with Crippen LogP contribution < -0.4 is 24.4 Å². The number of hydrogen-bond acceptors (Lipinski definition) is 7. The summed E-state index contributed by atoms with van der Waals surface area (Å²) < 4.78 is 16.1. The number of benzene rings is 2. The molecule has 8 nitrogen and oxygen atoms in total. The number of aromatic nitrogens is 2. The van der Waals surface area contributed by atoms with Crippen LogP contribution in [0.1, 0.15) is 10.5 Å². The third-order valence-electron chi connectivity index (χ3n) is 4.27. The highest BCUT2D eigenvalue weighted by Crippen LogP contribution is 2.40. The lowest BCUT2D eigenvalue weighted by Crippen LogP contribution is -2.27. The lowest BCUT2D eigenvalue weighted by molar-refractivity contribution is 0.0988. The van der Waals surface area contributed by atoms with Crippen molar-refractivity contribution in [1.29, 1.82) is 0 Å². The van der Waals surface area contributed by atoms with E-state index < -0.39 is 0 Å². The monoisotopic (exact) mass is 394 g/mol. The standard InChI is InChI=1S/C21H22N4O4/c1-25(15-8-6-5-7-9-15)21(26)16-12-19(23-13-22-16)24-14-10-17(27-2)20(29-4)18(11-14)28-3/h5-13H,1-4H3,(H,22,23,24). The smallest absolute Gasteiger partial charge is 0.276 e. The highest BCUT2D eigenvalue weighted by molar-refractivity contribution is 6.04. The molecule has 1 N–H and O–H groups in total. The average Bonchev–Trinajstić information content (AvgIpc) is 2.78. The second-order valence-electron chi connectivity index (χ2n) is 6.03. The molecule has 0 aliphatic heterocycles. The predicted molar refractivity (Wildman–Crippen MR) is 111 cm³/mol. The van der Waals surface area contributed by atoms with E-state index in [4.69, 9.17) is 14.2 Å².